The molecule has 2 amide bonds. The molecule has 1 aliphatic carbocycles. The van der Waals surface area contributed by atoms with E-state index < -0.39 is 34.0 Å². The lowest BCUT2D eigenvalue weighted by atomic mass is 9.81. The van der Waals surface area contributed by atoms with Crippen molar-refractivity contribution >= 4 is 136 Å². The Balaban J connectivity index is 1.22. The highest BCUT2D eigenvalue weighted by Crippen LogP contribution is 2.59. The Kier molecular flexibility index (Phi) is 11.8. The summed E-state index contributed by atoms with van der Waals surface area (Å²) in [6.07, 6.45) is 1.61. The summed E-state index contributed by atoms with van der Waals surface area (Å²) in [5.41, 5.74) is -1.22. The molecule has 6 heterocycles. The van der Waals surface area contributed by atoms with Crippen LogP contribution in [0.4, 0.5) is 5.00 Å². The van der Waals surface area contributed by atoms with Crippen molar-refractivity contribution in [2.24, 2.45) is 9.36 Å². The average molecular weight is 969 g/mol. The van der Waals surface area contributed by atoms with E-state index in [9.17, 15) is 30.6 Å². The van der Waals surface area contributed by atoms with Gasteiger partial charge in [-0.2, -0.15) is 21.0 Å². The molecule has 0 N–H and O–H groups in total. The molecule has 1 unspecified atom stereocenters. The van der Waals surface area contributed by atoms with Crippen LogP contribution in [0.3, 0.4) is 0 Å². The van der Waals surface area contributed by atoms with Crippen molar-refractivity contribution in [3.8, 4) is 24.3 Å². The van der Waals surface area contributed by atoms with Crippen molar-refractivity contribution in [2.75, 3.05) is 18.8 Å². The van der Waals surface area contributed by atoms with Crippen LogP contribution in [-0.2, 0) is 58.0 Å². The first kappa shape index (κ1) is 43.5. The molecule has 2 fully saturated rings. The Hall–Kier alpha value is -6.75. The number of hydrogen-bond acceptors (Lipinski definition) is 17. The van der Waals surface area contributed by atoms with Crippen molar-refractivity contribution in [1.29, 1.82) is 21.0 Å². The smallest absolute Gasteiger partial charge is 0.334 e. The summed E-state index contributed by atoms with van der Waals surface area (Å²) >= 11 is 6.47. The maximum absolute atomic E-state index is 15.2. The first-order valence-electron chi connectivity index (χ1n) is 19.6. The van der Waals surface area contributed by atoms with E-state index in [1.807, 2.05) is 42.5 Å². The number of aliphatic imine (C=N–C) groups is 1. The van der Waals surface area contributed by atoms with Crippen LogP contribution in [0.1, 0.15) is 35.4 Å². The first-order chi connectivity index (χ1) is 31.6. The summed E-state index contributed by atoms with van der Waals surface area (Å²) in [4.78, 5) is 65.2. The molecule has 2 saturated heterocycles. The zero-order chi connectivity index (χ0) is 45.6. The normalized spacial score (nSPS) is 17.1. The lowest BCUT2D eigenvalue weighted by Crippen LogP contribution is -2.46. The van der Waals surface area contributed by atoms with Crippen molar-refractivity contribution in [3.63, 3.8) is 0 Å². The molecule has 0 radical (unpaired) electrons. The highest BCUT2D eigenvalue weighted by Gasteiger charge is 2.60. The molecule has 320 valence electrons. The van der Waals surface area contributed by atoms with Gasteiger partial charge in [-0.05, 0) is 59.6 Å². The summed E-state index contributed by atoms with van der Waals surface area (Å²) in [5, 5.41) is 39.8. The Labute approximate surface area is 392 Å². The maximum atomic E-state index is 15.2. The number of nitrogens with zero attached hydrogens (tertiary/aromatic N) is 8. The molecule has 0 saturated carbocycles. The molecule has 65 heavy (non-hydrogen) atoms. The molecule has 6 aromatic rings. The predicted octanol–water partition coefficient (Wildman–Crippen LogP) is 9.28. The quantitative estimate of drug-likeness (QED) is 0.0717. The average Bonchev–Trinajstić information content (AvgIpc) is 4.18. The number of carbonyl (C=O) groups excluding carboxylic acids is 4. The van der Waals surface area contributed by atoms with Gasteiger partial charge in [-0.15, -0.1) is 45.3 Å². The molecule has 3 aliphatic rings. The zero-order valence-corrected chi connectivity index (χ0v) is 38.8. The van der Waals surface area contributed by atoms with Crippen molar-refractivity contribution in [2.45, 2.75) is 32.5 Å². The molecule has 0 bridgehead atoms. The minimum absolute atomic E-state index is 0.0518. The van der Waals surface area contributed by atoms with Crippen LogP contribution in [0.25, 0.3) is 34.3 Å². The predicted molar refractivity (Wildman–Crippen MR) is 253 cm³/mol. The van der Waals surface area contributed by atoms with Crippen LogP contribution in [0, 0.1) is 45.3 Å². The van der Waals surface area contributed by atoms with Gasteiger partial charge in [-0.3, -0.25) is 24.1 Å². The van der Waals surface area contributed by atoms with Crippen LogP contribution < -0.4 is 0 Å². The third kappa shape index (κ3) is 7.25. The molecule has 1 atom stereocenters. The lowest BCUT2D eigenvalue weighted by molar-refractivity contribution is -0.164. The lowest BCUT2D eigenvalue weighted by Gasteiger charge is -2.27. The third-order valence-corrected chi connectivity index (χ3v) is 18.7. The number of hydrogen-bond donors (Lipinski definition) is 0. The summed E-state index contributed by atoms with van der Waals surface area (Å²) in [5.74, 6) is -2.69. The van der Waals surface area contributed by atoms with E-state index in [1.54, 1.807) is 68.5 Å². The van der Waals surface area contributed by atoms with E-state index in [2.05, 4.69) is 0 Å². The van der Waals surface area contributed by atoms with E-state index in [4.69, 9.17) is 18.8 Å². The number of fused-ring (bicyclic) bond motifs is 7. The van der Waals surface area contributed by atoms with Crippen molar-refractivity contribution in [1.82, 2.24) is 9.80 Å². The van der Waals surface area contributed by atoms with E-state index >= 15 is 9.59 Å². The largest absolute Gasteiger partial charge is 0.459 e. The molecule has 2 aliphatic heterocycles. The Bertz CT molecular complexity index is 3310. The Morgan fingerprint density at radius 3 is 1.92 bits per heavy atom. The number of rotatable bonds is 10. The van der Waals surface area contributed by atoms with Crippen LogP contribution in [0.2, 0.25) is 0 Å². The number of esters is 2. The summed E-state index contributed by atoms with van der Waals surface area (Å²) in [6, 6.07) is 27.4. The van der Waals surface area contributed by atoms with Gasteiger partial charge in [0.25, 0.3) is 5.91 Å². The summed E-state index contributed by atoms with van der Waals surface area (Å²) < 4.78 is 22.1. The SMILES string of the molecule is CCN1C(=O)/C(=N/C2=Cc3sc4c(sc5c6sc(/N=S7\CC(=O)N(CC)C7=C(C#N)C#N)cc6sc45)c3C2(C(=O)OCc2ccccc2)C(=O)OCc2ccccc2)SC1=C(C#N)C#N. The van der Waals surface area contributed by atoms with Gasteiger partial charge in [0.1, 0.15) is 52.5 Å². The molecular formula is C45H28N8O6S6. The fraction of sp³-hybridized carbons (Fsp3) is 0.178. The van der Waals surface area contributed by atoms with Gasteiger partial charge in [0.2, 0.25) is 11.3 Å². The third-order valence-electron chi connectivity index (χ3n) is 10.5. The molecular weight excluding hydrogens is 941 g/mol. The Morgan fingerprint density at radius 2 is 1.34 bits per heavy atom. The topological polar surface area (TPSA) is 213 Å². The van der Waals surface area contributed by atoms with Gasteiger partial charge < -0.3 is 14.4 Å². The van der Waals surface area contributed by atoms with Crippen LogP contribution >= 0.6 is 57.1 Å². The van der Waals surface area contributed by atoms with Crippen LogP contribution in [-0.4, -0.2) is 57.4 Å². The summed E-state index contributed by atoms with van der Waals surface area (Å²) in [7, 11) is -1.06. The molecule has 20 heteroatoms. The number of thioether (sulfide) groups is 1. The maximum Gasteiger partial charge on any atom is 0.334 e. The highest BCUT2D eigenvalue weighted by molar-refractivity contribution is 8.19. The first-order valence-corrected chi connectivity index (χ1v) is 25.0. The number of benzene rings is 2. The second-order valence-corrected chi connectivity index (χ2v) is 20.9. The number of allylic oxidation sites excluding steroid dienone is 2. The number of amides is 2. The molecule has 14 nitrogen and oxygen atoms in total. The number of nitriles is 4. The van der Waals surface area contributed by atoms with Gasteiger partial charge in [0.05, 0.1) is 34.9 Å². The van der Waals surface area contributed by atoms with Crippen molar-refractivity contribution in [3.05, 3.63) is 115 Å². The van der Waals surface area contributed by atoms with Gasteiger partial charge >= 0.3 is 11.9 Å². The van der Waals surface area contributed by atoms with E-state index in [0.29, 0.717) is 42.8 Å². The minimum Gasteiger partial charge on any atom is -0.459 e. The molecule has 0 spiro atoms. The van der Waals surface area contributed by atoms with Gasteiger partial charge in [-0.1, -0.05) is 60.7 Å². The van der Waals surface area contributed by atoms with Crippen LogP contribution in [0.5, 0.6) is 0 Å². The fourth-order valence-electron chi connectivity index (χ4n) is 7.57. The number of ether oxygens (including phenoxy) is 2. The van der Waals surface area contributed by atoms with E-state index in [0.717, 1.165) is 35.3 Å². The van der Waals surface area contributed by atoms with Gasteiger partial charge in [0.15, 0.2) is 16.2 Å². The minimum atomic E-state index is -2.33. The second-order valence-electron chi connectivity index (χ2n) is 14.2. The van der Waals surface area contributed by atoms with E-state index in [-0.39, 0.29) is 58.3 Å². The van der Waals surface area contributed by atoms with Crippen molar-refractivity contribution < 1.29 is 28.7 Å². The van der Waals surface area contributed by atoms with E-state index in [1.165, 1.54) is 55.1 Å². The molecule has 4 aromatic heterocycles. The van der Waals surface area contributed by atoms with Crippen LogP contribution in [0.15, 0.2) is 103 Å². The monoisotopic (exact) mass is 968 g/mol. The fourth-order valence-corrected chi connectivity index (χ4v) is 16.5. The standard InChI is InChI=1S/C45H28N8O6S6/c1-3-52-32(54)23-65(42(52)27(19-48)20-49)51-31-16-29-34(62-31)36-38(61-29)37-35(63-36)33-28(60-37)15-30(50-39-40(55)53(4-2)41(64-39)26(17-46)18-47)45(33,43(56)58-21-24-11-7-5-8-12-24)44(57)59-22-25-13-9-6-10-14-25/h5-16H,3-4,21-23H2,1-2H3/b50-39-. The van der Waals surface area contributed by atoms with Gasteiger partial charge in [-0.25, -0.2) is 9.36 Å². The van der Waals surface area contributed by atoms with Gasteiger partial charge in [0, 0.05) is 28.2 Å². The zero-order valence-electron chi connectivity index (χ0n) is 33.9. The molecule has 2 aromatic carbocycles. The Morgan fingerprint density at radius 1 is 0.754 bits per heavy atom. The second kappa shape index (κ2) is 17.7. The molecule has 9 rings (SSSR count). The highest BCUT2D eigenvalue weighted by atomic mass is 32.2. The number of thiophene rings is 4. The number of carbonyl (C=O) groups is 4. The summed E-state index contributed by atoms with van der Waals surface area (Å²) in [6.45, 7) is 3.51.